The summed E-state index contributed by atoms with van der Waals surface area (Å²) in [5.41, 5.74) is 0.574. The second kappa shape index (κ2) is 6.86. The molecule has 0 fully saturated rings. The average Bonchev–Trinajstić information content (AvgIpc) is 2.92. The molecule has 0 spiro atoms. The number of benzene rings is 1. The van der Waals surface area contributed by atoms with E-state index in [0.717, 1.165) is 19.4 Å². The summed E-state index contributed by atoms with van der Waals surface area (Å²) < 4.78 is 1.74. The maximum absolute atomic E-state index is 12.0. The van der Waals surface area contributed by atoms with Crippen LogP contribution in [0.25, 0.3) is 0 Å². The molecule has 1 heterocycles. The largest absolute Gasteiger partial charge is 0.378 e. The number of aliphatic hydroxyl groups excluding tert-OH is 1. The number of unbranched alkanes of at least 4 members (excludes halogenated alkanes) is 1. The number of hydrogen-bond donors (Lipinski definition) is 2. The Bertz CT molecular complexity index is 551. The quantitative estimate of drug-likeness (QED) is 0.849. The van der Waals surface area contributed by atoms with Gasteiger partial charge in [-0.25, -0.2) is 4.68 Å². The van der Waals surface area contributed by atoms with E-state index in [1.54, 1.807) is 41.2 Å². The van der Waals surface area contributed by atoms with E-state index in [-0.39, 0.29) is 0 Å². The fourth-order valence-corrected chi connectivity index (χ4v) is 1.91. The maximum atomic E-state index is 12.0. The normalized spacial score (nSPS) is 12.1. The second-order valence-electron chi connectivity index (χ2n) is 4.60. The number of aryl methyl sites for hydroxylation is 1. The summed E-state index contributed by atoms with van der Waals surface area (Å²) in [5, 5.41) is 16.9. The number of carbonyl (C=O) groups is 1. The number of anilines is 1. The van der Waals surface area contributed by atoms with E-state index in [1.165, 1.54) is 0 Å². The van der Waals surface area contributed by atoms with Crippen LogP contribution in [0.2, 0.25) is 0 Å². The zero-order valence-corrected chi connectivity index (χ0v) is 11.5. The lowest BCUT2D eigenvalue weighted by Gasteiger charge is -2.12. The molecule has 0 aliphatic carbocycles. The van der Waals surface area contributed by atoms with Crippen molar-refractivity contribution in [1.29, 1.82) is 0 Å². The van der Waals surface area contributed by atoms with E-state index >= 15 is 0 Å². The first-order valence-electron chi connectivity index (χ1n) is 6.78. The topological polar surface area (TPSA) is 67.2 Å². The Hall–Kier alpha value is -2.14. The zero-order valence-electron chi connectivity index (χ0n) is 11.5. The molecular formula is C15H19N3O2. The molecule has 2 aromatic rings. The van der Waals surface area contributed by atoms with Crippen molar-refractivity contribution in [2.75, 3.05) is 5.32 Å². The molecule has 20 heavy (non-hydrogen) atoms. The van der Waals surface area contributed by atoms with Gasteiger partial charge in [0.25, 0.3) is 5.91 Å². The number of aromatic nitrogens is 2. The Morgan fingerprint density at radius 1 is 1.35 bits per heavy atom. The molecular weight excluding hydrogens is 254 g/mol. The molecule has 2 rings (SSSR count). The van der Waals surface area contributed by atoms with Gasteiger partial charge in [-0.2, -0.15) is 5.10 Å². The number of nitrogens with zero attached hydrogens (tertiary/aromatic N) is 2. The van der Waals surface area contributed by atoms with Crippen LogP contribution in [0, 0.1) is 0 Å². The van der Waals surface area contributed by atoms with Crippen LogP contribution in [0.5, 0.6) is 0 Å². The minimum Gasteiger partial charge on any atom is -0.378 e. The Kier molecular flexibility index (Phi) is 4.90. The predicted octanol–water partition coefficient (Wildman–Crippen LogP) is 2.36. The number of aliphatic hydroxyl groups is 1. The van der Waals surface area contributed by atoms with Gasteiger partial charge in [0.15, 0.2) is 6.10 Å². The Balaban J connectivity index is 2.03. The van der Waals surface area contributed by atoms with Gasteiger partial charge < -0.3 is 10.4 Å². The van der Waals surface area contributed by atoms with Crippen molar-refractivity contribution < 1.29 is 9.90 Å². The molecule has 2 N–H and O–H groups in total. The maximum Gasteiger partial charge on any atom is 0.258 e. The molecule has 5 nitrogen and oxygen atoms in total. The molecule has 0 bridgehead atoms. The average molecular weight is 273 g/mol. The van der Waals surface area contributed by atoms with Crippen LogP contribution in [0.15, 0.2) is 42.6 Å². The molecule has 1 amide bonds. The molecule has 1 aromatic carbocycles. The Morgan fingerprint density at radius 2 is 2.10 bits per heavy atom. The summed E-state index contributed by atoms with van der Waals surface area (Å²) in [7, 11) is 0. The molecule has 106 valence electrons. The smallest absolute Gasteiger partial charge is 0.258 e. The monoisotopic (exact) mass is 273 g/mol. The molecule has 5 heteroatoms. The van der Waals surface area contributed by atoms with Crippen molar-refractivity contribution in [3.63, 3.8) is 0 Å². The fraction of sp³-hybridized carbons (Fsp3) is 0.333. The fourth-order valence-electron chi connectivity index (χ4n) is 1.91. The van der Waals surface area contributed by atoms with Gasteiger partial charge >= 0.3 is 0 Å². The van der Waals surface area contributed by atoms with Crippen LogP contribution in [-0.2, 0) is 11.3 Å². The van der Waals surface area contributed by atoms with Crippen LogP contribution < -0.4 is 5.32 Å². The first kappa shape index (κ1) is 14.3. The third-order valence-corrected chi connectivity index (χ3v) is 3.05. The molecule has 0 radical (unpaired) electrons. The highest BCUT2D eigenvalue weighted by Crippen LogP contribution is 2.15. The predicted molar refractivity (Wildman–Crippen MR) is 77.2 cm³/mol. The van der Waals surface area contributed by atoms with Gasteiger partial charge in [-0.3, -0.25) is 4.79 Å². The number of nitrogens with one attached hydrogen (secondary N) is 1. The highest BCUT2D eigenvalue weighted by molar-refractivity contribution is 5.93. The van der Waals surface area contributed by atoms with Crippen molar-refractivity contribution in [2.24, 2.45) is 0 Å². The first-order chi connectivity index (χ1) is 9.72. The van der Waals surface area contributed by atoms with Gasteiger partial charge in [-0.05, 0) is 12.0 Å². The second-order valence-corrected chi connectivity index (χ2v) is 4.60. The van der Waals surface area contributed by atoms with Gasteiger partial charge in [0.1, 0.15) is 5.82 Å². The van der Waals surface area contributed by atoms with Crippen molar-refractivity contribution in [2.45, 2.75) is 32.4 Å². The van der Waals surface area contributed by atoms with Gasteiger partial charge in [0, 0.05) is 12.6 Å². The lowest BCUT2D eigenvalue weighted by Crippen LogP contribution is -2.22. The number of carbonyl (C=O) groups excluding carboxylic acids is 1. The lowest BCUT2D eigenvalue weighted by atomic mass is 10.1. The van der Waals surface area contributed by atoms with Gasteiger partial charge in [0.05, 0.1) is 6.20 Å². The zero-order chi connectivity index (χ0) is 14.4. The number of amides is 1. The Morgan fingerprint density at radius 3 is 2.80 bits per heavy atom. The van der Waals surface area contributed by atoms with Crippen LogP contribution >= 0.6 is 0 Å². The molecule has 1 aromatic heterocycles. The van der Waals surface area contributed by atoms with E-state index in [9.17, 15) is 9.90 Å². The van der Waals surface area contributed by atoms with E-state index < -0.39 is 12.0 Å². The van der Waals surface area contributed by atoms with Gasteiger partial charge in [-0.15, -0.1) is 0 Å². The third kappa shape index (κ3) is 3.45. The van der Waals surface area contributed by atoms with Crippen molar-refractivity contribution in [3.05, 3.63) is 48.2 Å². The van der Waals surface area contributed by atoms with Crippen molar-refractivity contribution in [3.8, 4) is 0 Å². The van der Waals surface area contributed by atoms with E-state index in [2.05, 4.69) is 17.3 Å². The van der Waals surface area contributed by atoms with Crippen LogP contribution in [0.3, 0.4) is 0 Å². The van der Waals surface area contributed by atoms with E-state index in [4.69, 9.17) is 0 Å². The molecule has 0 saturated carbocycles. The van der Waals surface area contributed by atoms with Crippen LogP contribution in [0.4, 0.5) is 5.82 Å². The highest BCUT2D eigenvalue weighted by atomic mass is 16.3. The Labute approximate surface area is 118 Å². The first-order valence-corrected chi connectivity index (χ1v) is 6.78. The summed E-state index contributed by atoms with van der Waals surface area (Å²) in [5.74, 6) is 0.160. The minimum absolute atomic E-state index is 0.450. The lowest BCUT2D eigenvalue weighted by molar-refractivity contribution is -0.124. The number of rotatable bonds is 6. The summed E-state index contributed by atoms with van der Waals surface area (Å²) in [4.78, 5) is 12.0. The highest BCUT2D eigenvalue weighted by Gasteiger charge is 2.18. The van der Waals surface area contributed by atoms with E-state index in [1.807, 2.05) is 6.07 Å². The SMILES string of the molecule is CCCCn1nccc1NC(=O)C(O)c1ccccc1. The molecule has 0 aliphatic heterocycles. The number of hydrogen-bond acceptors (Lipinski definition) is 3. The molecule has 1 unspecified atom stereocenters. The molecule has 0 aliphatic rings. The van der Waals surface area contributed by atoms with Gasteiger partial charge in [0.2, 0.25) is 0 Å². The van der Waals surface area contributed by atoms with Crippen LogP contribution in [0.1, 0.15) is 31.4 Å². The third-order valence-electron chi connectivity index (χ3n) is 3.05. The summed E-state index contributed by atoms with van der Waals surface area (Å²) >= 11 is 0. The molecule has 0 saturated heterocycles. The van der Waals surface area contributed by atoms with Gasteiger partial charge in [-0.1, -0.05) is 43.7 Å². The summed E-state index contributed by atoms with van der Waals surface area (Å²) in [6, 6.07) is 10.6. The standard InChI is InChI=1S/C15H19N3O2/c1-2-3-11-18-13(9-10-16-18)17-15(20)14(19)12-7-5-4-6-8-12/h4-10,14,19H,2-3,11H2,1H3,(H,17,20). The van der Waals surface area contributed by atoms with Crippen molar-refractivity contribution in [1.82, 2.24) is 9.78 Å². The summed E-state index contributed by atoms with van der Waals surface area (Å²) in [6.07, 6.45) is 2.51. The van der Waals surface area contributed by atoms with E-state index in [0.29, 0.717) is 11.4 Å². The molecule has 1 atom stereocenters. The summed E-state index contributed by atoms with van der Waals surface area (Å²) in [6.45, 7) is 2.85. The minimum atomic E-state index is -1.18. The van der Waals surface area contributed by atoms with Crippen LogP contribution in [-0.4, -0.2) is 20.8 Å². The van der Waals surface area contributed by atoms with Crippen molar-refractivity contribution >= 4 is 11.7 Å².